The van der Waals surface area contributed by atoms with Crippen molar-refractivity contribution in [3.05, 3.63) is 75.6 Å². The Morgan fingerprint density at radius 3 is 2.53 bits per heavy atom. The second kappa shape index (κ2) is 7.34. The maximum Gasteiger partial charge on any atom is 0.263 e. The van der Waals surface area contributed by atoms with Crippen LogP contribution in [0.25, 0.3) is 22.7 Å². The summed E-state index contributed by atoms with van der Waals surface area (Å²) in [5.74, 6) is 1.49. The number of nitrogens with zero attached hydrogens (tertiary/aromatic N) is 4. The van der Waals surface area contributed by atoms with Gasteiger partial charge in [-0.25, -0.2) is 4.57 Å². The summed E-state index contributed by atoms with van der Waals surface area (Å²) in [6.07, 6.45) is 5.39. The molecule has 0 atom stereocenters. The van der Waals surface area contributed by atoms with Crippen molar-refractivity contribution in [2.75, 3.05) is 5.75 Å². The van der Waals surface area contributed by atoms with Gasteiger partial charge in [-0.3, -0.25) is 9.20 Å². The number of aryl methyl sites for hydroxylation is 1. The molecule has 2 heterocycles. The summed E-state index contributed by atoms with van der Waals surface area (Å²) in [6.45, 7) is 4.19. The molecule has 6 heteroatoms. The summed E-state index contributed by atoms with van der Waals surface area (Å²) < 4.78 is 3.95. The van der Waals surface area contributed by atoms with Crippen molar-refractivity contribution in [2.24, 2.45) is 0 Å². The van der Waals surface area contributed by atoms with Crippen LogP contribution in [-0.4, -0.2) is 24.9 Å². The van der Waals surface area contributed by atoms with Crippen molar-refractivity contribution in [1.29, 1.82) is 0 Å². The summed E-state index contributed by atoms with van der Waals surface area (Å²) in [6, 6.07) is 16.7. The summed E-state index contributed by atoms with van der Waals surface area (Å²) >= 11 is 1.68. The molecule has 0 radical (unpaired) electrons. The van der Waals surface area contributed by atoms with Crippen molar-refractivity contribution < 1.29 is 0 Å². The Bertz CT molecular complexity index is 1390. The summed E-state index contributed by atoms with van der Waals surface area (Å²) in [5, 5.41) is 9.94. The molecular weight excluding hydrogens is 416 g/mol. The molecule has 0 saturated heterocycles. The van der Waals surface area contributed by atoms with Crippen molar-refractivity contribution in [1.82, 2.24) is 19.2 Å². The predicted octanol–water partition coefficient (Wildman–Crippen LogP) is 5.34. The number of rotatable bonds is 3. The second-order valence-electron chi connectivity index (χ2n) is 9.07. The SMILES string of the molecule is CCSc1nnc2n(-c3ccc(C)cc3)c(=O)c3c(n12)-c1ccccc1CC31CCCC1. The van der Waals surface area contributed by atoms with E-state index in [4.69, 9.17) is 0 Å². The lowest BCUT2D eigenvalue weighted by atomic mass is 9.68. The largest absolute Gasteiger partial charge is 0.268 e. The van der Waals surface area contributed by atoms with Gasteiger partial charge in [0.2, 0.25) is 5.78 Å². The predicted molar refractivity (Wildman–Crippen MR) is 129 cm³/mol. The maximum absolute atomic E-state index is 14.3. The van der Waals surface area contributed by atoms with Gasteiger partial charge in [-0.05, 0) is 49.6 Å². The quantitative estimate of drug-likeness (QED) is 0.402. The normalized spacial score (nSPS) is 16.4. The zero-order chi connectivity index (χ0) is 21.9. The topological polar surface area (TPSA) is 52.2 Å². The zero-order valence-corrected chi connectivity index (χ0v) is 19.3. The molecule has 1 spiro atoms. The fraction of sp³-hybridized carbons (Fsp3) is 0.346. The Morgan fingerprint density at radius 2 is 1.78 bits per heavy atom. The van der Waals surface area contributed by atoms with Gasteiger partial charge in [0.1, 0.15) is 0 Å². The summed E-state index contributed by atoms with van der Waals surface area (Å²) in [7, 11) is 0. The van der Waals surface area contributed by atoms with Gasteiger partial charge in [-0.15, -0.1) is 10.2 Å². The molecule has 4 aromatic rings. The molecule has 1 fully saturated rings. The zero-order valence-electron chi connectivity index (χ0n) is 18.5. The number of fused-ring (bicyclic) bond motifs is 6. The van der Waals surface area contributed by atoms with E-state index < -0.39 is 0 Å². The third kappa shape index (κ3) is 2.75. The lowest BCUT2D eigenvalue weighted by Crippen LogP contribution is -2.40. The first-order valence-electron chi connectivity index (χ1n) is 11.5. The van der Waals surface area contributed by atoms with E-state index in [-0.39, 0.29) is 11.0 Å². The van der Waals surface area contributed by atoms with Gasteiger partial charge in [0, 0.05) is 16.5 Å². The third-order valence-electron chi connectivity index (χ3n) is 7.15. The Labute approximate surface area is 191 Å². The molecule has 2 aliphatic rings. The number of benzene rings is 2. The molecule has 0 N–H and O–H groups in total. The van der Waals surface area contributed by atoms with Crippen LogP contribution in [-0.2, 0) is 11.8 Å². The van der Waals surface area contributed by atoms with Crippen molar-refractivity contribution in [3.63, 3.8) is 0 Å². The average molecular weight is 443 g/mol. The number of aromatic nitrogens is 4. The standard InChI is InChI=1S/C26H26N4OS/c1-3-32-25-28-27-24-29(19-12-10-17(2)11-13-19)23(31)21-22(30(24)25)20-9-5-4-8-18(20)16-26(21)14-6-7-15-26/h4-5,8-13H,3,6-7,14-16H2,1-2H3. The number of thioether (sulfide) groups is 1. The number of hydrogen-bond donors (Lipinski definition) is 0. The Morgan fingerprint density at radius 1 is 1.03 bits per heavy atom. The highest BCUT2D eigenvalue weighted by Crippen LogP contribution is 2.50. The fourth-order valence-electron chi connectivity index (χ4n) is 5.74. The van der Waals surface area contributed by atoms with E-state index in [1.807, 2.05) is 12.1 Å². The Hall–Kier alpha value is -2.86. The maximum atomic E-state index is 14.3. The lowest BCUT2D eigenvalue weighted by molar-refractivity contribution is 0.424. The van der Waals surface area contributed by atoms with Crippen LogP contribution in [0.2, 0.25) is 0 Å². The van der Waals surface area contributed by atoms with Crippen LogP contribution in [0.5, 0.6) is 0 Å². The summed E-state index contributed by atoms with van der Waals surface area (Å²) in [5.41, 5.74) is 6.42. The van der Waals surface area contributed by atoms with Gasteiger partial charge in [-0.1, -0.05) is 73.5 Å². The van der Waals surface area contributed by atoms with Crippen LogP contribution in [0, 0.1) is 6.92 Å². The van der Waals surface area contributed by atoms with Crippen LogP contribution >= 0.6 is 11.8 Å². The monoisotopic (exact) mass is 442 g/mol. The molecule has 0 unspecified atom stereocenters. The highest BCUT2D eigenvalue weighted by atomic mass is 32.2. The van der Waals surface area contributed by atoms with E-state index >= 15 is 0 Å². The molecule has 0 bridgehead atoms. The van der Waals surface area contributed by atoms with Gasteiger partial charge in [0.25, 0.3) is 5.56 Å². The molecule has 2 aromatic heterocycles. The molecule has 5 nitrogen and oxygen atoms in total. The van der Waals surface area contributed by atoms with Crippen molar-refractivity contribution >= 4 is 17.5 Å². The smallest absolute Gasteiger partial charge is 0.263 e. The third-order valence-corrected chi connectivity index (χ3v) is 7.96. The Kier molecular flexibility index (Phi) is 4.54. The molecule has 1 saturated carbocycles. The number of hydrogen-bond acceptors (Lipinski definition) is 4. The van der Waals surface area contributed by atoms with E-state index in [0.717, 1.165) is 52.7 Å². The summed E-state index contributed by atoms with van der Waals surface area (Å²) in [4.78, 5) is 14.3. The van der Waals surface area contributed by atoms with Crippen LogP contribution in [0.1, 0.15) is 49.3 Å². The molecule has 2 aliphatic carbocycles. The highest BCUT2D eigenvalue weighted by Gasteiger charge is 2.45. The van der Waals surface area contributed by atoms with Crippen molar-refractivity contribution in [3.8, 4) is 16.9 Å². The van der Waals surface area contributed by atoms with Gasteiger partial charge in [0.15, 0.2) is 5.16 Å². The lowest BCUT2D eigenvalue weighted by Gasteiger charge is -2.37. The van der Waals surface area contributed by atoms with Crippen LogP contribution in [0.3, 0.4) is 0 Å². The van der Waals surface area contributed by atoms with Crippen LogP contribution in [0.4, 0.5) is 0 Å². The van der Waals surface area contributed by atoms with Gasteiger partial charge >= 0.3 is 0 Å². The molecule has 0 aliphatic heterocycles. The van der Waals surface area contributed by atoms with E-state index in [0.29, 0.717) is 5.78 Å². The Balaban J connectivity index is 1.80. The molecule has 2 aromatic carbocycles. The average Bonchev–Trinajstić information content (AvgIpc) is 3.43. The van der Waals surface area contributed by atoms with Gasteiger partial charge in [0.05, 0.1) is 11.4 Å². The van der Waals surface area contributed by atoms with Gasteiger partial charge < -0.3 is 0 Å². The fourth-order valence-corrected chi connectivity index (χ4v) is 6.40. The minimum absolute atomic E-state index is 0.0632. The first-order chi connectivity index (χ1) is 15.6. The van der Waals surface area contributed by atoms with Gasteiger partial charge in [-0.2, -0.15) is 0 Å². The van der Waals surface area contributed by atoms with Crippen LogP contribution in [0.15, 0.2) is 58.5 Å². The molecule has 6 rings (SSSR count). The first kappa shape index (κ1) is 19.8. The van der Waals surface area contributed by atoms with E-state index in [9.17, 15) is 4.79 Å². The van der Waals surface area contributed by atoms with E-state index in [1.165, 1.54) is 24.0 Å². The highest BCUT2D eigenvalue weighted by molar-refractivity contribution is 7.99. The molecular formula is C26H26N4OS. The van der Waals surface area contributed by atoms with Crippen molar-refractivity contribution in [2.45, 2.75) is 56.5 Å². The molecule has 32 heavy (non-hydrogen) atoms. The van der Waals surface area contributed by atoms with Crippen LogP contribution < -0.4 is 5.56 Å². The van der Waals surface area contributed by atoms with E-state index in [2.05, 4.69) is 64.8 Å². The minimum atomic E-state index is -0.111. The molecule has 162 valence electrons. The van der Waals surface area contributed by atoms with E-state index in [1.54, 1.807) is 16.3 Å². The second-order valence-corrected chi connectivity index (χ2v) is 10.3. The first-order valence-corrected chi connectivity index (χ1v) is 12.4. The minimum Gasteiger partial charge on any atom is -0.268 e. The molecule has 0 amide bonds.